The zero-order valence-corrected chi connectivity index (χ0v) is 21.4. The number of hydrogen-bond acceptors (Lipinski definition) is 6. The van der Waals surface area contributed by atoms with Crippen LogP contribution in [0.3, 0.4) is 0 Å². The fourth-order valence-electron chi connectivity index (χ4n) is 5.22. The lowest BCUT2D eigenvalue weighted by atomic mass is 9.76. The van der Waals surface area contributed by atoms with Gasteiger partial charge in [-0.05, 0) is 64.2 Å². The van der Waals surface area contributed by atoms with Gasteiger partial charge in [0.15, 0.2) is 5.65 Å². The standard InChI is InChI=1S/C26H30ClN5O4/c1-25(2,3)36-24(35)31-12-10-26(11-13-31)9-8-18-20(26)30-22-19(27)15-29-32(22)21(18)28-14-16-4-6-17(7-5-16)23(33)34/h4-7,15,28H,8-14H2,1-3H3,(H,33,34). The number of aromatic nitrogens is 3. The number of rotatable bonds is 4. The van der Waals surface area contributed by atoms with Crippen LogP contribution in [-0.4, -0.2) is 55.4 Å². The minimum Gasteiger partial charge on any atom is -0.478 e. The maximum Gasteiger partial charge on any atom is 0.410 e. The number of carboxylic acids is 1. The monoisotopic (exact) mass is 511 g/mol. The van der Waals surface area contributed by atoms with Crippen LogP contribution >= 0.6 is 11.6 Å². The van der Waals surface area contributed by atoms with E-state index < -0.39 is 11.6 Å². The van der Waals surface area contributed by atoms with Crippen LogP contribution in [0.25, 0.3) is 5.65 Å². The van der Waals surface area contributed by atoms with Gasteiger partial charge >= 0.3 is 12.1 Å². The van der Waals surface area contributed by atoms with Gasteiger partial charge in [0.1, 0.15) is 16.4 Å². The Bertz CT molecular complexity index is 1320. The van der Waals surface area contributed by atoms with E-state index in [-0.39, 0.29) is 17.1 Å². The van der Waals surface area contributed by atoms with E-state index in [0.717, 1.165) is 48.3 Å². The molecule has 1 aliphatic carbocycles. The normalized spacial score (nSPS) is 16.8. The van der Waals surface area contributed by atoms with Gasteiger partial charge in [-0.15, -0.1) is 0 Å². The van der Waals surface area contributed by atoms with Gasteiger partial charge < -0.3 is 20.1 Å². The first-order valence-corrected chi connectivity index (χ1v) is 12.5. The van der Waals surface area contributed by atoms with Crippen molar-refractivity contribution in [1.82, 2.24) is 19.5 Å². The number of aromatic carboxylic acids is 1. The molecule has 3 aromatic rings. The molecule has 36 heavy (non-hydrogen) atoms. The van der Waals surface area contributed by atoms with Crippen LogP contribution in [0, 0.1) is 0 Å². The third-order valence-corrected chi connectivity index (χ3v) is 7.36. The topological polar surface area (TPSA) is 109 Å². The quantitative estimate of drug-likeness (QED) is 0.512. The second-order valence-electron chi connectivity index (χ2n) is 10.6. The largest absolute Gasteiger partial charge is 0.478 e. The summed E-state index contributed by atoms with van der Waals surface area (Å²) in [6, 6.07) is 6.81. The zero-order valence-electron chi connectivity index (χ0n) is 20.7. The summed E-state index contributed by atoms with van der Waals surface area (Å²) in [7, 11) is 0. The number of hydrogen-bond donors (Lipinski definition) is 2. The molecule has 3 heterocycles. The number of benzene rings is 1. The van der Waals surface area contributed by atoms with E-state index in [0.29, 0.717) is 30.3 Å². The van der Waals surface area contributed by atoms with Crippen molar-refractivity contribution in [3.8, 4) is 0 Å². The average molecular weight is 512 g/mol. The highest BCUT2D eigenvalue weighted by Crippen LogP contribution is 2.48. The van der Waals surface area contributed by atoms with Gasteiger partial charge in [-0.25, -0.2) is 14.6 Å². The number of carbonyl (C=O) groups is 2. The lowest BCUT2D eigenvalue weighted by Gasteiger charge is -2.39. The second-order valence-corrected chi connectivity index (χ2v) is 11.0. The first kappa shape index (κ1) is 24.4. The summed E-state index contributed by atoms with van der Waals surface area (Å²) in [6.45, 7) is 7.37. The zero-order chi connectivity index (χ0) is 25.7. The summed E-state index contributed by atoms with van der Waals surface area (Å²) in [5, 5.41) is 17.6. The van der Waals surface area contributed by atoms with Gasteiger partial charge in [-0.2, -0.15) is 9.61 Å². The highest BCUT2D eigenvalue weighted by molar-refractivity contribution is 6.33. The molecule has 1 fully saturated rings. The molecule has 1 aliphatic heterocycles. The summed E-state index contributed by atoms with van der Waals surface area (Å²) in [4.78, 5) is 30.5. The van der Waals surface area contributed by atoms with Crippen molar-refractivity contribution in [3.05, 3.63) is 57.9 Å². The van der Waals surface area contributed by atoms with Gasteiger partial charge in [-0.1, -0.05) is 23.7 Å². The second kappa shape index (κ2) is 8.96. The molecule has 5 rings (SSSR count). The van der Waals surface area contributed by atoms with E-state index in [1.54, 1.807) is 39.9 Å². The lowest BCUT2D eigenvalue weighted by molar-refractivity contribution is 0.0162. The maximum absolute atomic E-state index is 12.6. The van der Waals surface area contributed by atoms with E-state index in [1.807, 2.05) is 20.8 Å². The molecule has 190 valence electrons. The molecular weight excluding hydrogens is 482 g/mol. The van der Waals surface area contributed by atoms with Gasteiger partial charge in [0.25, 0.3) is 0 Å². The smallest absolute Gasteiger partial charge is 0.410 e. The number of anilines is 1. The van der Waals surface area contributed by atoms with Crippen molar-refractivity contribution < 1.29 is 19.4 Å². The molecule has 1 amide bonds. The van der Waals surface area contributed by atoms with Gasteiger partial charge in [0.05, 0.1) is 17.5 Å². The van der Waals surface area contributed by atoms with Crippen molar-refractivity contribution in [3.63, 3.8) is 0 Å². The molecule has 9 nitrogen and oxygen atoms in total. The summed E-state index contributed by atoms with van der Waals surface area (Å²) < 4.78 is 7.33. The average Bonchev–Trinajstić information content (AvgIpc) is 3.37. The third-order valence-electron chi connectivity index (χ3n) is 7.09. The van der Waals surface area contributed by atoms with Crippen molar-refractivity contribution in [1.29, 1.82) is 0 Å². The number of nitrogens with zero attached hydrogens (tertiary/aromatic N) is 4. The Hall–Kier alpha value is -3.33. The van der Waals surface area contributed by atoms with Crippen molar-refractivity contribution in [2.45, 2.75) is 64.0 Å². The SMILES string of the molecule is CC(C)(C)OC(=O)N1CCC2(CCc3c2nc2c(Cl)cnn2c3NCc2ccc(C(=O)O)cc2)CC1. The number of fused-ring (bicyclic) bond motifs is 3. The van der Waals surface area contributed by atoms with Crippen LogP contribution in [0.4, 0.5) is 10.6 Å². The fourth-order valence-corrected chi connectivity index (χ4v) is 5.39. The number of nitrogens with one attached hydrogen (secondary N) is 1. The minimum atomic E-state index is -0.947. The maximum atomic E-state index is 12.6. The van der Waals surface area contributed by atoms with E-state index in [4.69, 9.17) is 26.4 Å². The number of carbonyl (C=O) groups excluding carboxylic acids is 1. The number of carboxylic acid groups (broad SMARTS) is 1. The molecule has 0 radical (unpaired) electrons. The van der Waals surface area contributed by atoms with Crippen molar-refractivity contribution >= 4 is 35.1 Å². The van der Waals surface area contributed by atoms with Crippen LogP contribution in [0.15, 0.2) is 30.5 Å². The Kier molecular flexibility index (Phi) is 6.06. The van der Waals surface area contributed by atoms with Crippen LogP contribution in [0.1, 0.15) is 67.2 Å². The van der Waals surface area contributed by atoms with E-state index in [2.05, 4.69) is 10.4 Å². The molecule has 2 N–H and O–H groups in total. The Balaban J connectivity index is 1.41. The van der Waals surface area contributed by atoms with Crippen LogP contribution in [0.2, 0.25) is 5.02 Å². The fraction of sp³-hybridized carbons (Fsp3) is 0.462. The number of piperidine rings is 1. The van der Waals surface area contributed by atoms with Gasteiger partial charge in [0, 0.05) is 30.6 Å². The van der Waals surface area contributed by atoms with Crippen LogP contribution < -0.4 is 5.32 Å². The first-order valence-electron chi connectivity index (χ1n) is 12.2. The Morgan fingerprint density at radius 2 is 1.86 bits per heavy atom. The first-order chi connectivity index (χ1) is 17.1. The van der Waals surface area contributed by atoms with E-state index >= 15 is 0 Å². The number of ether oxygens (including phenoxy) is 1. The Morgan fingerprint density at radius 1 is 1.17 bits per heavy atom. The van der Waals surface area contributed by atoms with Crippen LogP contribution in [0.5, 0.6) is 0 Å². The lowest BCUT2D eigenvalue weighted by Crippen LogP contribution is -2.46. The Labute approximate surface area is 214 Å². The molecule has 0 saturated carbocycles. The van der Waals surface area contributed by atoms with Gasteiger partial charge in [0.2, 0.25) is 0 Å². The highest BCUT2D eigenvalue weighted by atomic mass is 35.5. The predicted molar refractivity (Wildman–Crippen MR) is 136 cm³/mol. The summed E-state index contributed by atoms with van der Waals surface area (Å²) in [5.41, 5.74) is 3.32. The molecule has 2 aliphatic rings. The van der Waals surface area contributed by atoms with Crippen molar-refractivity contribution in [2.24, 2.45) is 0 Å². The number of halogens is 1. The summed E-state index contributed by atoms with van der Waals surface area (Å²) in [5.74, 6) is -0.0898. The van der Waals surface area contributed by atoms with E-state index in [9.17, 15) is 9.59 Å². The molecule has 0 atom stereocenters. The molecule has 1 spiro atoms. The third kappa shape index (κ3) is 4.48. The predicted octanol–water partition coefficient (Wildman–Crippen LogP) is 4.91. The van der Waals surface area contributed by atoms with Crippen LogP contribution in [-0.2, 0) is 23.1 Å². The minimum absolute atomic E-state index is 0.122. The molecule has 10 heteroatoms. The Morgan fingerprint density at radius 3 is 2.50 bits per heavy atom. The molecule has 1 aromatic carbocycles. The summed E-state index contributed by atoms with van der Waals surface area (Å²) in [6.07, 6.45) is 4.75. The molecule has 0 unspecified atom stereocenters. The van der Waals surface area contributed by atoms with Crippen molar-refractivity contribution in [2.75, 3.05) is 18.4 Å². The molecule has 0 bridgehead atoms. The molecule has 1 saturated heterocycles. The summed E-state index contributed by atoms with van der Waals surface area (Å²) >= 11 is 6.47. The molecular formula is C26H30ClN5O4. The molecule has 2 aromatic heterocycles. The number of likely N-dealkylation sites (tertiary alicyclic amines) is 1. The van der Waals surface area contributed by atoms with Gasteiger partial charge in [-0.3, -0.25) is 0 Å². The highest BCUT2D eigenvalue weighted by Gasteiger charge is 2.45. The number of amides is 1. The van der Waals surface area contributed by atoms with E-state index in [1.165, 1.54) is 0 Å².